The van der Waals surface area contributed by atoms with Gasteiger partial charge in [0.25, 0.3) is 0 Å². The Labute approximate surface area is 70.9 Å². The van der Waals surface area contributed by atoms with Crippen molar-refractivity contribution in [3.05, 3.63) is 24.0 Å². The fraction of sp³-hybridized carbons (Fsp3) is 0.556. The molecular weight excluding hydrogens is 152 g/mol. The van der Waals surface area contributed by atoms with E-state index >= 15 is 0 Å². The van der Waals surface area contributed by atoms with E-state index in [1.807, 2.05) is 32.1 Å². The van der Waals surface area contributed by atoms with E-state index in [2.05, 4.69) is 19.6 Å². The van der Waals surface area contributed by atoms with Crippen molar-refractivity contribution in [2.24, 2.45) is 0 Å². The maximum atomic E-state index is 5.74. The highest BCUT2D eigenvalue weighted by atomic mass is 28.4. The Morgan fingerprint density at radius 1 is 1.18 bits per heavy atom. The second-order valence-corrected chi connectivity index (χ2v) is 7.83. The molecule has 1 nitrogen and oxygen atoms in total. The van der Waals surface area contributed by atoms with Crippen LogP contribution in [0.5, 0.6) is 0 Å². The van der Waals surface area contributed by atoms with Crippen molar-refractivity contribution in [1.82, 2.24) is 0 Å². The molecule has 0 heterocycles. The van der Waals surface area contributed by atoms with Crippen molar-refractivity contribution < 1.29 is 4.43 Å². The zero-order valence-electron chi connectivity index (χ0n) is 8.14. The van der Waals surface area contributed by atoms with Crippen molar-refractivity contribution in [3.8, 4) is 0 Å². The van der Waals surface area contributed by atoms with Gasteiger partial charge in [-0.2, -0.15) is 0 Å². The van der Waals surface area contributed by atoms with Crippen LogP contribution in [0.3, 0.4) is 0 Å². The summed E-state index contributed by atoms with van der Waals surface area (Å²) in [6, 6.07) is 0. The second-order valence-electron chi connectivity index (χ2n) is 3.41. The highest BCUT2D eigenvalue weighted by Gasteiger charge is 2.15. The van der Waals surface area contributed by atoms with E-state index in [1.165, 1.54) is 0 Å². The van der Waals surface area contributed by atoms with Gasteiger partial charge in [0.05, 0.1) is 5.76 Å². The minimum atomic E-state index is -1.40. The first kappa shape index (κ1) is 10.5. The maximum Gasteiger partial charge on any atom is 0.242 e. The largest absolute Gasteiger partial charge is 0.545 e. The molecule has 64 valence electrons. The lowest BCUT2D eigenvalue weighted by atomic mass is 10.4. The second kappa shape index (κ2) is 4.39. The maximum absolute atomic E-state index is 5.74. The quantitative estimate of drug-likeness (QED) is 0.359. The van der Waals surface area contributed by atoms with Crippen LogP contribution in [0.4, 0.5) is 0 Å². The van der Waals surface area contributed by atoms with Gasteiger partial charge in [-0.05, 0) is 45.6 Å². The molecule has 0 bridgehead atoms. The molecule has 0 aromatic carbocycles. The van der Waals surface area contributed by atoms with Crippen molar-refractivity contribution in [1.29, 1.82) is 0 Å². The van der Waals surface area contributed by atoms with E-state index in [4.69, 9.17) is 4.43 Å². The van der Waals surface area contributed by atoms with Gasteiger partial charge in [0.15, 0.2) is 0 Å². The van der Waals surface area contributed by atoms with E-state index in [0.717, 1.165) is 5.76 Å². The van der Waals surface area contributed by atoms with Gasteiger partial charge in [0.2, 0.25) is 8.32 Å². The standard InChI is InChI=1S/C9H18OSi/c1-6-8-9(7-2)10-11(3,4)5/h6-8H,1-5H3. The summed E-state index contributed by atoms with van der Waals surface area (Å²) in [6.07, 6.45) is 5.99. The molecule has 0 amide bonds. The number of hydrogen-bond donors (Lipinski definition) is 0. The summed E-state index contributed by atoms with van der Waals surface area (Å²) in [5, 5.41) is 0. The van der Waals surface area contributed by atoms with Gasteiger partial charge in [-0.1, -0.05) is 6.08 Å². The third-order valence-corrected chi connectivity index (χ3v) is 1.89. The van der Waals surface area contributed by atoms with E-state index in [1.54, 1.807) is 0 Å². The molecule has 0 atom stereocenters. The molecule has 0 aromatic heterocycles. The number of allylic oxidation sites excluding steroid dienone is 3. The predicted octanol–water partition coefficient (Wildman–Crippen LogP) is 3.32. The lowest BCUT2D eigenvalue weighted by molar-refractivity contribution is 0.440. The first-order valence-electron chi connectivity index (χ1n) is 3.97. The molecule has 0 N–H and O–H groups in total. The number of hydrogen-bond acceptors (Lipinski definition) is 1. The lowest BCUT2D eigenvalue weighted by Gasteiger charge is -2.19. The highest BCUT2D eigenvalue weighted by Crippen LogP contribution is 2.10. The molecule has 0 spiro atoms. The molecule has 0 unspecified atom stereocenters. The Balaban J connectivity index is 4.12. The summed E-state index contributed by atoms with van der Waals surface area (Å²) in [5.74, 6) is 0.992. The monoisotopic (exact) mass is 170 g/mol. The topological polar surface area (TPSA) is 9.23 Å². The molecule has 0 fully saturated rings. The van der Waals surface area contributed by atoms with Crippen LogP contribution in [0.1, 0.15) is 13.8 Å². The van der Waals surface area contributed by atoms with E-state index in [9.17, 15) is 0 Å². The van der Waals surface area contributed by atoms with Gasteiger partial charge >= 0.3 is 0 Å². The zero-order valence-corrected chi connectivity index (χ0v) is 9.14. The molecule has 0 radical (unpaired) electrons. The summed E-state index contributed by atoms with van der Waals surface area (Å²) in [5.41, 5.74) is 0. The van der Waals surface area contributed by atoms with E-state index < -0.39 is 8.32 Å². The van der Waals surface area contributed by atoms with E-state index in [0.29, 0.717) is 0 Å². The SMILES string of the molecule is CC=CC(=CC)O[Si](C)(C)C. The summed E-state index contributed by atoms with van der Waals surface area (Å²) in [7, 11) is -1.40. The molecule has 0 rings (SSSR count). The predicted molar refractivity (Wildman–Crippen MR) is 53.0 cm³/mol. The average Bonchev–Trinajstić information content (AvgIpc) is 1.84. The van der Waals surface area contributed by atoms with Crippen molar-refractivity contribution in [2.45, 2.75) is 33.5 Å². The van der Waals surface area contributed by atoms with Gasteiger partial charge in [0, 0.05) is 0 Å². The third-order valence-electron chi connectivity index (χ3n) is 1.04. The Hall–Kier alpha value is -0.503. The van der Waals surface area contributed by atoms with Gasteiger partial charge in [-0.15, -0.1) is 0 Å². The summed E-state index contributed by atoms with van der Waals surface area (Å²) < 4.78 is 5.74. The molecule has 0 aliphatic rings. The van der Waals surface area contributed by atoms with Crippen LogP contribution >= 0.6 is 0 Å². The molecule has 0 aliphatic carbocycles. The first-order valence-corrected chi connectivity index (χ1v) is 7.38. The summed E-state index contributed by atoms with van der Waals surface area (Å²) >= 11 is 0. The van der Waals surface area contributed by atoms with Crippen LogP contribution in [0.15, 0.2) is 24.0 Å². The molecule has 0 aliphatic heterocycles. The van der Waals surface area contributed by atoms with Crippen LogP contribution in [-0.2, 0) is 4.43 Å². The van der Waals surface area contributed by atoms with Crippen LogP contribution in [0.2, 0.25) is 19.6 Å². The van der Waals surface area contributed by atoms with Crippen molar-refractivity contribution in [3.63, 3.8) is 0 Å². The Kier molecular flexibility index (Phi) is 4.19. The highest BCUT2D eigenvalue weighted by molar-refractivity contribution is 6.70. The Bertz CT molecular complexity index is 163. The Morgan fingerprint density at radius 2 is 1.73 bits per heavy atom. The molecule has 11 heavy (non-hydrogen) atoms. The third kappa shape index (κ3) is 5.92. The molecule has 0 saturated carbocycles. The van der Waals surface area contributed by atoms with Crippen molar-refractivity contribution >= 4 is 8.32 Å². The van der Waals surface area contributed by atoms with Gasteiger partial charge in [-0.25, -0.2) is 0 Å². The molecular formula is C9H18OSi. The number of rotatable bonds is 3. The lowest BCUT2D eigenvalue weighted by Crippen LogP contribution is -2.24. The van der Waals surface area contributed by atoms with Crippen LogP contribution in [-0.4, -0.2) is 8.32 Å². The van der Waals surface area contributed by atoms with Crippen LogP contribution in [0, 0.1) is 0 Å². The Morgan fingerprint density at radius 3 is 2.00 bits per heavy atom. The van der Waals surface area contributed by atoms with Crippen molar-refractivity contribution in [2.75, 3.05) is 0 Å². The minimum Gasteiger partial charge on any atom is -0.545 e. The van der Waals surface area contributed by atoms with E-state index in [-0.39, 0.29) is 0 Å². The average molecular weight is 170 g/mol. The van der Waals surface area contributed by atoms with Crippen LogP contribution < -0.4 is 0 Å². The normalized spacial score (nSPS) is 14.1. The summed E-state index contributed by atoms with van der Waals surface area (Å²) in [4.78, 5) is 0. The van der Waals surface area contributed by atoms with Crippen LogP contribution in [0.25, 0.3) is 0 Å². The fourth-order valence-corrected chi connectivity index (χ4v) is 1.60. The molecule has 0 saturated heterocycles. The molecule has 0 aromatic rings. The minimum absolute atomic E-state index is 0.992. The van der Waals surface area contributed by atoms with Gasteiger partial charge in [0.1, 0.15) is 0 Å². The zero-order chi connectivity index (χ0) is 8.91. The van der Waals surface area contributed by atoms with Gasteiger partial charge < -0.3 is 4.43 Å². The summed E-state index contributed by atoms with van der Waals surface area (Å²) in [6.45, 7) is 10.5. The van der Waals surface area contributed by atoms with Gasteiger partial charge in [-0.3, -0.25) is 0 Å². The smallest absolute Gasteiger partial charge is 0.242 e. The first-order chi connectivity index (χ1) is 4.99. The fourth-order valence-electron chi connectivity index (χ4n) is 0.707. The molecule has 2 heteroatoms.